The van der Waals surface area contributed by atoms with E-state index in [0.29, 0.717) is 34.9 Å². The molecule has 2 aromatic heterocycles. The van der Waals surface area contributed by atoms with Gasteiger partial charge in [0.15, 0.2) is 0 Å². The summed E-state index contributed by atoms with van der Waals surface area (Å²) in [6, 6.07) is 8.68. The first-order valence-electron chi connectivity index (χ1n) is 7.94. The van der Waals surface area contributed by atoms with Gasteiger partial charge in [-0.2, -0.15) is 13.2 Å². The molecule has 8 heteroatoms. The molecule has 26 heavy (non-hydrogen) atoms. The lowest BCUT2D eigenvalue weighted by molar-refractivity contribution is -0.137. The van der Waals surface area contributed by atoms with Gasteiger partial charge in [-0.05, 0) is 42.8 Å². The molecule has 0 bridgehead atoms. The molecule has 0 aliphatic carbocycles. The molecule has 3 aromatic rings. The number of alkyl halides is 3. The van der Waals surface area contributed by atoms with Crippen molar-refractivity contribution in [3.8, 4) is 0 Å². The van der Waals surface area contributed by atoms with Gasteiger partial charge in [-0.15, -0.1) is 0 Å². The molecule has 0 aliphatic heterocycles. The first kappa shape index (κ1) is 18.3. The van der Waals surface area contributed by atoms with E-state index in [0.717, 1.165) is 12.3 Å². The third-order valence-electron chi connectivity index (χ3n) is 3.82. The minimum absolute atomic E-state index is 0.0999. The van der Waals surface area contributed by atoms with Crippen LogP contribution in [0.4, 0.5) is 18.9 Å². The van der Waals surface area contributed by atoms with Crippen molar-refractivity contribution in [1.82, 2.24) is 9.38 Å². The van der Waals surface area contributed by atoms with Gasteiger partial charge in [0.25, 0.3) is 5.91 Å². The highest BCUT2D eigenvalue weighted by Crippen LogP contribution is 2.30. The van der Waals surface area contributed by atoms with Crippen LogP contribution in [0.5, 0.6) is 0 Å². The monoisotopic (exact) mass is 381 g/mol. The van der Waals surface area contributed by atoms with E-state index in [1.54, 1.807) is 24.3 Å². The minimum atomic E-state index is -4.51. The molecule has 0 unspecified atom stereocenters. The Balaban J connectivity index is 2.07. The van der Waals surface area contributed by atoms with Crippen LogP contribution in [0, 0.1) is 0 Å². The number of imidazole rings is 1. The normalized spacial score (nSPS) is 11.7. The molecular weight excluding hydrogens is 367 g/mol. The predicted octanol–water partition coefficient (Wildman–Crippen LogP) is 5.21. The predicted molar refractivity (Wildman–Crippen MR) is 93.6 cm³/mol. The number of hydrogen-bond donors (Lipinski definition) is 1. The third kappa shape index (κ3) is 3.67. The maximum Gasteiger partial charge on any atom is 0.417 e. The number of aryl methyl sites for hydroxylation is 1. The SMILES string of the molecule is CCCc1nc2ccc(C(F)(F)F)cn2c1C(=O)Nc1ccc(Cl)cc1. The van der Waals surface area contributed by atoms with E-state index in [1.165, 1.54) is 10.5 Å². The number of halogens is 4. The highest BCUT2D eigenvalue weighted by molar-refractivity contribution is 6.30. The Kier molecular flexibility index (Phi) is 4.91. The number of amides is 1. The molecule has 0 radical (unpaired) electrons. The van der Waals surface area contributed by atoms with Crippen LogP contribution in [0.1, 0.15) is 35.1 Å². The topological polar surface area (TPSA) is 46.4 Å². The lowest BCUT2D eigenvalue weighted by Gasteiger charge is -2.10. The molecular formula is C18H15ClF3N3O. The molecule has 4 nitrogen and oxygen atoms in total. The summed E-state index contributed by atoms with van der Waals surface area (Å²) >= 11 is 5.82. The molecule has 1 aromatic carbocycles. The second-order valence-corrected chi connectivity index (χ2v) is 6.20. The number of nitrogens with one attached hydrogen (secondary N) is 1. The van der Waals surface area contributed by atoms with E-state index < -0.39 is 17.6 Å². The smallest absolute Gasteiger partial charge is 0.321 e. The Morgan fingerprint density at radius 2 is 1.88 bits per heavy atom. The number of hydrogen-bond acceptors (Lipinski definition) is 2. The summed E-state index contributed by atoms with van der Waals surface area (Å²) in [5.74, 6) is -0.525. The van der Waals surface area contributed by atoms with Crippen LogP contribution in [0.15, 0.2) is 42.6 Å². The summed E-state index contributed by atoms with van der Waals surface area (Å²) in [6.07, 6.45) is -2.42. The highest BCUT2D eigenvalue weighted by Gasteiger charge is 2.32. The fourth-order valence-electron chi connectivity index (χ4n) is 2.64. The van der Waals surface area contributed by atoms with Gasteiger partial charge in [0, 0.05) is 16.9 Å². The summed E-state index contributed by atoms with van der Waals surface area (Å²) in [6.45, 7) is 1.91. The number of nitrogens with zero attached hydrogens (tertiary/aromatic N) is 2. The second kappa shape index (κ2) is 6.99. The molecule has 136 valence electrons. The Morgan fingerprint density at radius 1 is 1.19 bits per heavy atom. The standard InChI is InChI=1S/C18H15ClF3N3O/c1-2-3-14-16(17(26)23-13-7-5-12(19)6-8-13)25-10-11(18(20,21)22)4-9-15(25)24-14/h4-10H,2-3H2,1H3,(H,23,26). The van der Waals surface area contributed by atoms with Crippen LogP contribution in [-0.4, -0.2) is 15.3 Å². The quantitative estimate of drug-likeness (QED) is 0.674. The highest BCUT2D eigenvalue weighted by atomic mass is 35.5. The molecule has 0 saturated carbocycles. The summed E-state index contributed by atoms with van der Waals surface area (Å²) in [5.41, 5.74) is 0.499. The van der Waals surface area contributed by atoms with Gasteiger partial charge < -0.3 is 5.32 Å². The summed E-state index contributed by atoms with van der Waals surface area (Å²) in [7, 11) is 0. The second-order valence-electron chi connectivity index (χ2n) is 5.76. The van der Waals surface area contributed by atoms with Crippen molar-refractivity contribution in [2.24, 2.45) is 0 Å². The van der Waals surface area contributed by atoms with Gasteiger partial charge in [-0.1, -0.05) is 24.9 Å². The van der Waals surface area contributed by atoms with Crippen LogP contribution < -0.4 is 5.32 Å². The fourth-order valence-corrected chi connectivity index (χ4v) is 2.76. The van der Waals surface area contributed by atoms with E-state index in [9.17, 15) is 18.0 Å². The van der Waals surface area contributed by atoms with Gasteiger partial charge in [-0.3, -0.25) is 9.20 Å². The van der Waals surface area contributed by atoms with Crippen molar-refractivity contribution in [3.05, 3.63) is 64.6 Å². The van der Waals surface area contributed by atoms with E-state index >= 15 is 0 Å². The van der Waals surface area contributed by atoms with Crippen LogP contribution >= 0.6 is 11.6 Å². The van der Waals surface area contributed by atoms with E-state index in [-0.39, 0.29) is 5.69 Å². The van der Waals surface area contributed by atoms with Gasteiger partial charge in [0.1, 0.15) is 11.3 Å². The van der Waals surface area contributed by atoms with Crippen molar-refractivity contribution in [1.29, 1.82) is 0 Å². The van der Waals surface area contributed by atoms with E-state index in [1.807, 2.05) is 6.92 Å². The Morgan fingerprint density at radius 3 is 2.50 bits per heavy atom. The first-order valence-corrected chi connectivity index (χ1v) is 8.32. The average molecular weight is 382 g/mol. The van der Waals surface area contributed by atoms with Crippen LogP contribution in [0.25, 0.3) is 5.65 Å². The van der Waals surface area contributed by atoms with Gasteiger partial charge in [0.2, 0.25) is 0 Å². The maximum absolute atomic E-state index is 13.0. The van der Waals surface area contributed by atoms with Gasteiger partial charge in [0.05, 0.1) is 11.3 Å². The van der Waals surface area contributed by atoms with E-state index in [2.05, 4.69) is 10.3 Å². The molecule has 2 heterocycles. The lowest BCUT2D eigenvalue weighted by atomic mass is 10.2. The molecule has 0 spiro atoms. The zero-order valence-electron chi connectivity index (χ0n) is 13.8. The fraction of sp³-hybridized carbons (Fsp3) is 0.222. The third-order valence-corrected chi connectivity index (χ3v) is 4.07. The van der Waals surface area contributed by atoms with Crippen molar-refractivity contribution in [3.63, 3.8) is 0 Å². The molecule has 1 amide bonds. The van der Waals surface area contributed by atoms with Crippen LogP contribution in [0.3, 0.4) is 0 Å². The van der Waals surface area contributed by atoms with Gasteiger partial charge in [-0.25, -0.2) is 4.98 Å². The molecule has 3 rings (SSSR count). The number of pyridine rings is 1. The maximum atomic E-state index is 13.0. The first-order chi connectivity index (χ1) is 12.3. The average Bonchev–Trinajstić information content (AvgIpc) is 2.93. The minimum Gasteiger partial charge on any atom is -0.321 e. The van der Waals surface area contributed by atoms with Crippen molar-refractivity contribution in [2.45, 2.75) is 25.9 Å². The van der Waals surface area contributed by atoms with Gasteiger partial charge >= 0.3 is 6.18 Å². The number of fused-ring (bicyclic) bond motifs is 1. The molecule has 0 fully saturated rings. The van der Waals surface area contributed by atoms with Crippen molar-refractivity contribution in [2.75, 3.05) is 5.32 Å². The molecule has 0 aliphatic rings. The summed E-state index contributed by atoms with van der Waals surface area (Å²) in [5, 5.41) is 3.19. The summed E-state index contributed by atoms with van der Waals surface area (Å²) in [4.78, 5) is 17.1. The number of benzene rings is 1. The Hall–Kier alpha value is -2.54. The van der Waals surface area contributed by atoms with Crippen molar-refractivity contribution < 1.29 is 18.0 Å². The Bertz CT molecular complexity index is 949. The van der Waals surface area contributed by atoms with E-state index in [4.69, 9.17) is 11.6 Å². The number of carbonyl (C=O) groups is 1. The number of rotatable bonds is 4. The van der Waals surface area contributed by atoms with Crippen molar-refractivity contribution >= 4 is 28.8 Å². The zero-order valence-corrected chi connectivity index (χ0v) is 14.5. The summed E-state index contributed by atoms with van der Waals surface area (Å²) < 4.78 is 40.3. The Labute approximate surface area is 152 Å². The zero-order chi connectivity index (χ0) is 18.9. The number of carbonyl (C=O) groups excluding carboxylic acids is 1. The lowest BCUT2D eigenvalue weighted by Crippen LogP contribution is -2.17. The number of aromatic nitrogens is 2. The molecule has 0 saturated heterocycles. The largest absolute Gasteiger partial charge is 0.417 e. The molecule has 0 atom stereocenters. The van der Waals surface area contributed by atoms with Crippen LogP contribution in [0.2, 0.25) is 5.02 Å². The molecule has 1 N–H and O–H groups in total. The number of anilines is 1. The van der Waals surface area contributed by atoms with Crippen LogP contribution in [-0.2, 0) is 12.6 Å².